The number of carboxylic acids is 1. The molecular formula is C11H12N4O4. The minimum Gasteiger partial charge on any atom is -0.480 e. The zero-order valence-electron chi connectivity index (χ0n) is 10.4. The molecule has 0 spiro atoms. The van der Waals surface area contributed by atoms with Crippen LogP contribution in [0, 0.1) is 21.4 Å². The zero-order valence-corrected chi connectivity index (χ0v) is 10.4. The van der Waals surface area contributed by atoms with E-state index in [9.17, 15) is 14.9 Å². The number of hydrogen-bond donors (Lipinski definition) is 1. The van der Waals surface area contributed by atoms with Gasteiger partial charge in [-0.1, -0.05) is 6.92 Å². The molecule has 1 aromatic heterocycles. The highest BCUT2D eigenvalue weighted by atomic mass is 16.6. The Morgan fingerprint density at radius 1 is 1.68 bits per heavy atom. The molecule has 0 saturated carbocycles. The van der Waals surface area contributed by atoms with Crippen LogP contribution in [0.15, 0.2) is 12.1 Å². The van der Waals surface area contributed by atoms with Crippen molar-refractivity contribution in [2.75, 3.05) is 11.9 Å². The summed E-state index contributed by atoms with van der Waals surface area (Å²) in [6, 6.07) is 3.30. The number of rotatable bonds is 5. The molecule has 0 aromatic carbocycles. The molecule has 1 aromatic rings. The van der Waals surface area contributed by atoms with Gasteiger partial charge in [0.1, 0.15) is 17.9 Å². The van der Waals surface area contributed by atoms with Crippen LogP contribution in [0.4, 0.5) is 11.5 Å². The van der Waals surface area contributed by atoms with Crippen LogP contribution in [0.1, 0.15) is 19.0 Å². The number of pyridine rings is 1. The van der Waals surface area contributed by atoms with E-state index in [2.05, 4.69) is 4.98 Å². The zero-order chi connectivity index (χ0) is 14.6. The summed E-state index contributed by atoms with van der Waals surface area (Å²) in [4.78, 5) is 26.2. The molecule has 0 bridgehead atoms. The molecule has 1 unspecified atom stereocenters. The smallest absolute Gasteiger partial charge is 0.326 e. The number of aliphatic carboxylic acids is 1. The van der Waals surface area contributed by atoms with E-state index in [0.29, 0.717) is 6.42 Å². The van der Waals surface area contributed by atoms with E-state index in [1.54, 1.807) is 13.0 Å². The number of nitrogens with zero attached hydrogens (tertiary/aromatic N) is 4. The van der Waals surface area contributed by atoms with Gasteiger partial charge in [0, 0.05) is 13.1 Å². The van der Waals surface area contributed by atoms with Crippen LogP contribution in [0.25, 0.3) is 0 Å². The van der Waals surface area contributed by atoms with Gasteiger partial charge in [-0.05, 0) is 12.5 Å². The van der Waals surface area contributed by atoms with E-state index in [1.807, 2.05) is 0 Å². The highest BCUT2D eigenvalue weighted by molar-refractivity contribution is 5.77. The third kappa shape index (κ3) is 2.95. The molecule has 19 heavy (non-hydrogen) atoms. The van der Waals surface area contributed by atoms with Crippen LogP contribution in [-0.4, -0.2) is 34.1 Å². The number of hydrogen-bond acceptors (Lipinski definition) is 6. The van der Waals surface area contributed by atoms with E-state index >= 15 is 0 Å². The monoisotopic (exact) mass is 264 g/mol. The maximum absolute atomic E-state index is 11.0. The Bertz CT molecular complexity index is 552. The summed E-state index contributed by atoms with van der Waals surface area (Å²) in [5, 5.41) is 28.5. The van der Waals surface area contributed by atoms with E-state index in [0.717, 1.165) is 6.07 Å². The molecule has 1 heterocycles. The highest BCUT2D eigenvalue weighted by Gasteiger charge is 2.24. The Kier molecular flexibility index (Phi) is 4.36. The average Bonchev–Trinajstić information content (AvgIpc) is 2.37. The first-order chi connectivity index (χ1) is 8.92. The van der Waals surface area contributed by atoms with Crippen molar-refractivity contribution in [1.82, 2.24) is 4.98 Å². The van der Waals surface area contributed by atoms with E-state index < -0.39 is 22.6 Å². The second-order valence-electron chi connectivity index (χ2n) is 3.78. The molecule has 0 radical (unpaired) electrons. The van der Waals surface area contributed by atoms with E-state index in [4.69, 9.17) is 10.4 Å². The van der Waals surface area contributed by atoms with Gasteiger partial charge in [-0.2, -0.15) is 5.26 Å². The van der Waals surface area contributed by atoms with Gasteiger partial charge in [-0.3, -0.25) is 10.1 Å². The molecule has 0 fully saturated rings. The number of aromatic nitrogens is 1. The summed E-state index contributed by atoms with van der Waals surface area (Å²) < 4.78 is 0. The Morgan fingerprint density at radius 3 is 2.74 bits per heavy atom. The molecule has 0 aliphatic rings. The molecule has 1 atom stereocenters. The van der Waals surface area contributed by atoms with Crippen LogP contribution in [0.5, 0.6) is 0 Å². The first-order valence-corrected chi connectivity index (χ1v) is 5.43. The third-order valence-electron chi connectivity index (χ3n) is 2.66. The van der Waals surface area contributed by atoms with Crippen LogP contribution < -0.4 is 4.90 Å². The number of nitro groups is 1. The van der Waals surface area contributed by atoms with Crippen molar-refractivity contribution in [3.63, 3.8) is 0 Å². The van der Waals surface area contributed by atoms with Gasteiger partial charge in [0.25, 0.3) is 0 Å². The van der Waals surface area contributed by atoms with Crippen molar-refractivity contribution in [2.24, 2.45) is 0 Å². The summed E-state index contributed by atoms with van der Waals surface area (Å²) in [7, 11) is 1.51. The standard InChI is InChI=1S/C11H12N4O4/c1-3-8(11(16)17)14(2)10-5-4-9(15(18)19)7(6-12)13-10/h4-5,8H,3H2,1-2H3,(H,16,17). The lowest BCUT2D eigenvalue weighted by molar-refractivity contribution is -0.385. The van der Waals surface area contributed by atoms with Crippen molar-refractivity contribution in [3.8, 4) is 6.07 Å². The Hall–Kier alpha value is -2.69. The van der Waals surface area contributed by atoms with Crippen molar-refractivity contribution >= 4 is 17.5 Å². The molecule has 8 heteroatoms. The number of anilines is 1. The summed E-state index contributed by atoms with van der Waals surface area (Å²) in [5.41, 5.74) is -0.738. The molecule has 100 valence electrons. The van der Waals surface area contributed by atoms with Gasteiger partial charge in [0.15, 0.2) is 0 Å². The fourth-order valence-electron chi connectivity index (χ4n) is 1.64. The lowest BCUT2D eigenvalue weighted by Gasteiger charge is -2.24. The minimum atomic E-state index is -1.02. The number of likely N-dealkylation sites (N-methyl/N-ethyl adjacent to an activating group) is 1. The predicted octanol–water partition coefficient (Wildman–Crippen LogP) is 1.16. The Labute approximate surface area is 109 Å². The summed E-state index contributed by atoms with van der Waals surface area (Å²) >= 11 is 0. The molecule has 0 aliphatic carbocycles. The second kappa shape index (κ2) is 5.77. The predicted molar refractivity (Wildman–Crippen MR) is 65.7 cm³/mol. The topological polar surface area (TPSA) is 120 Å². The Balaban J connectivity index is 3.19. The maximum atomic E-state index is 11.0. The van der Waals surface area contributed by atoms with Gasteiger partial charge in [-0.15, -0.1) is 0 Å². The van der Waals surface area contributed by atoms with Crippen molar-refractivity contribution < 1.29 is 14.8 Å². The highest BCUT2D eigenvalue weighted by Crippen LogP contribution is 2.21. The van der Waals surface area contributed by atoms with Crippen LogP contribution in [-0.2, 0) is 4.79 Å². The fraction of sp³-hybridized carbons (Fsp3) is 0.364. The molecule has 0 saturated heterocycles. The van der Waals surface area contributed by atoms with Crippen LogP contribution in [0.3, 0.4) is 0 Å². The van der Waals surface area contributed by atoms with Gasteiger partial charge in [0.2, 0.25) is 5.69 Å². The number of carboxylic acid groups (broad SMARTS) is 1. The lowest BCUT2D eigenvalue weighted by Crippen LogP contribution is -2.38. The molecule has 1 rings (SSSR count). The SMILES string of the molecule is CCC(C(=O)O)N(C)c1ccc([N+](=O)[O-])c(C#N)n1. The fourth-order valence-corrected chi connectivity index (χ4v) is 1.64. The van der Waals surface area contributed by atoms with E-state index in [-0.39, 0.29) is 11.5 Å². The Morgan fingerprint density at radius 2 is 2.32 bits per heavy atom. The van der Waals surface area contributed by atoms with Crippen LogP contribution >= 0.6 is 0 Å². The molecular weight excluding hydrogens is 252 g/mol. The molecule has 0 aliphatic heterocycles. The van der Waals surface area contributed by atoms with Gasteiger partial charge < -0.3 is 10.0 Å². The minimum absolute atomic E-state index is 0.205. The number of nitriles is 1. The normalized spacial score (nSPS) is 11.4. The molecule has 1 N–H and O–H groups in total. The van der Waals surface area contributed by atoms with Crippen molar-refractivity contribution in [3.05, 3.63) is 27.9 Å². The van der Waals surface area contributed by atoms with Gasteiger partial charge in [0.05, 0.1) is 4.92 Å². The number of carbonyl (C=O) groups is 1. The lowest BCUT2D eigenvalue weighted by atomic mass is 10.2. The van der Waals surface area contributed by atoms with E-state index in [1.165, 1.54) is 18.0 Å². The largest absolute Gasteiger partial charge is 0.480 e. The summed E-state index contributed by atoms with van der Waals surface area (Å²) in [6.45, 7) is 1.70. The maximum Gasteiger partial charge on any atom is 0.326 e. The molecule has 0 amide bonds. The second-order valence-corrected chi connectivity index (χ2v) is 3.78. The first kappa shape index (κ1) is 14.4. The van der Waals surface area contributed by atoms with Crippen LogP contribution in [0.2, 0.25) is 0 Å². The van der Waals surface area contributed by atoms with Crippen molar-refractivity contribution in [1.29, 1.82) is 5.26 Å². The van der Waals surface area contributed by atoms with Gasteiger partial charge >= 0.3 is 11.7 Å². The summed E-state index contributed by atoms with van der Waals surface area (Å²) in [6.07, 6.45) is 0.340. The third-order valence-corrected chi connectivity index (χ3v) is 2.66. The summed E-state index contributed by atoms with van der Waals surface area (Å²) in [5.74, 6) is -0.819. The first-order valence-electron chi connectivity index (χ1n) is 5.43. The average molecular weight is 264 g/mol. The van der Waals surface area contributed by atoms with Gasteiger partial charge in [-0.25, -0.2) is 9.78 Å². The van der Waals surface area contributed by atoms with Crippen molar-refractivity contribution in [2.45, 2.75) is 19.4 Å². The molecule has 8 nitrogen and oxygen atoms in total. The quantitative estimate of drug-likeness (QED) is 0.625.